The van der Waals surface area contributed by atoms with Gasteiger partial charge >= 0.3 is 5.91 Å². The summed E-state index contributed by atoms with van der Waals surface area (Å²) in [6, 6.07) is 22.2. The third kappa shape index (κ3) is 4.27. The lowest BCUT2D eigenvalue weighted by Crippen LogP contribution is -2.29. The number of ether oxygens (including phenoxy) is 2. The van der Waals surface area contributed by atoms with E-state index >= 15 is 0 Å². The third-order valence-electron chi connectivity index (χ3n) is 5.57. The van der Waals surface area contributed by atoms with Crippen LogP contribution in [0.5, 0.6) is 17.2 Å². The van der Waals surface area contributed by atoms with E-state index < -0.39 is 17.7 Å². The van der Waals surface area contributed by atoms with E-state index in [2.05, 4.69) is 4.98 Å². The highest BCUT2D eigenvalue weighted by atomic mass is 32.1. The Labute approximate surface area is 205 Å². The molecule has 1 unspecified atom stereocenters. The molecule has 0 aliphatic carbocycles. The zero-order valence-electron chi connectivity index (χ0n) is 18.6. The van der Waals surface area contributed by atoms with Crippen molar-refractivity contribution in [2.75, 3.05) is 12.0 Å². The number of carbonyl (C=O) groups is 2. The summed E-state index contributed by atoms with van der Waals surface area (Å²) < 4.78 is 11.2. The molecule has 1 N–H and O–H groups in total. The molecule has 35 heavy (non-hydrogen) atoms. The average molecular weight is 485 g/mol. The zero-order valence-corrected chi connectivity index (χ0v) is 19.4. The molecule has 0 saturated carbocycles. The summed E-state index contributed by atoms with van der Waals surface area (Å²) in [5.74, 6) is -0.155. The molecule has 1 amide bonds. The highest BCUT2D eigenvalue weighted by molar-refractivity contribution is 7.14. The van der Waals surface area contributed by atoms with Gasteiger partial charge in [-0.05, 0) is 42.0 Å². The number of aliphatic hydroxyl groups is 1. The van der Waals surface area contributed by atoms with Gasteiger partial charge in [-0.1, -0.05) is 42.5 Å². The quantitative estimate of drug-likeness (QED) is 0.219. The van der Waals surface area contributed by atoms with Gasteiger partial charge in [0.15, 0.2) is 5.13 Å². The number of Topliss-reactive ketones (excluding diaryl/α,β-unsaturated/α-hetero) is 1. The number of carbonyl (C=O) groups excluding carboxylic acids is 2. The van der Waals surface area contributed by atoms with Crippen molar-refractivity contribution < 1.29 is 24.2 Å². The Morgan fingerprint density at radius 2 is 1.69 bits per heavy atom. The summed E-state index contributed by atoms with van der Waals surface area (Å²) >= 11 is 1.23. The number of ketones is 1. The summed E-state index contributed by atoms with van der Waals surface area (Å²) in [6.45, 7) is 0. The van der Waals surface area contributed by atoms with Gasteiger partial charge in [0.25, 0.3) is 5.78 Å². The first-order valence-electron chi connectivity index (χ1n) is 10.7. The maximum Gasteiger partial charge on any atom is 0.301 e. The largest absolute Gasteiger partial charge is 0.507 e. The molecule has 1 aromatic heterocycles. The predicted octanol–water partition coefficient (Wildman–Crippen LogP) is 5.57. The van der Waals surface area contributed by atoms with Crippen LogP contribution in [-0.4, -0.2) is 28.9 Å². The molecular formula is C27H20N2O5S. The fourth-order valence-electron chi connectivity index (χ4n) is 3.98. The minimum absolute atomic E-state index is 0.0321. The normalized spacial score (nSPS) is 16.9. The zero-order chi connectivity index (χ0) is 24.4. The number of hydrogen-bond acceptors (Lipinski definition) is 7. The maximum atomic E-state index is 13.2. The number of methoxy groups -OCH3 is 1. The Bertz CT molecular complexity index is 1420. The lowest BCUT2D eigenvalue weighted by molar-refractivity contribution is -0.132. The van der Waals surface area contributed by atoms with Crippen molar-refractivity contribution in [1.82, 2.24) is 4.98 Å². The number of anilines is 1. The van der Waals surface area contributed by atoms with Crippen molar-refractivity contribution in [3.63, 3.8) is 0 Å². The van der Waals surface area contributed by atoms with Gasteiger partial charge in [-0.15, -0.1) is 11.3 Å². The lowest BCUT2D eigenvalue weighted by Gasteiger charge is -2.23. The smallest absolute Gasteiger partial charge is 0.301 e. The summed E-state index contributed by atoms with van der Waals surface area (Å²) in [5.41, 5.74) is 0.927. The van der Waals surface area contributed by atoms with Crippen LogP contribution in [0, 0.1) is 0 Å². The van der Waals surface area contributed by atoms with Crippen LogP contribution in [0.2, 0.25) is 0 Å². The Morgan fingerprint density at radius 1 is 0.943 bits per heavy atom. The van der Waals surface area contributed by atoms with Crippen molar-refractivity contribution in [1.29, 1.82) is 0 Å². The molecule has 3 aromatic carbocycles. The molecule has 2 heterocycles. The molecule has 1 atom stereocenters. The molecule has 174 valence electrons. The van der Waals surface area contributed by atoms with E-state index in [9.17, 15) is 14.7 Å². The van der Waals surface area contributed by atoms with Crippen molar-refractivity contribution in [3.05, 3.63) is 107 Å². The Balaban J connectivity index is 1.65. The predicted molar refractivity (Wildman–Crippen MR) is 133 cm³/mol. The van der Waals surface area contributed by atoms with E-state index in [1.54, 1.807) is 60.1 Å². The van der Waals surface area contributed by atoms with Crippen molar-refractivity contribution >= 4 is 33.9 Å². The van der Waals surface area contributed by atoms with E-state index in [4.69, 9.17) is 9.47 Å². The van der Waals surface area contributed by atoms with Gasteiger partial charge < -0.3 is 14.6 Å². The highest BCUT2D eigenvalue weighted by Gasteiger charge is 2.48. The summed E-state index contributed by atoms with van der Waals surface area (Å²) in [6.07, 6.45) is 1.56. The molecule has 1 saturated heterocycles. The summed E-state index contributed by atoms with van der Waals surface area (Å²) in [5, 5.41) is 13.3. The SMILES string of the molecule is COc1cccc(/C(O)=C2\C(=O)C(=O)N(c3nccs3)C2c2cccc(Oc3ccccc3)c2)c1. The maximum absolute atomic E-state index is 13.2. The first-order chi connectivity index (χ1) is 17.1. The van der Waals surface area contributed by atoms with Crippen molar-refractivity contribution in [2.45, 2.75) is 6.04 Å². The Hall–Kier alpha value is -4.43. The van der Waals surface area contributed by atoms with E-state index in [1.165, 1.54) is 23.3 Å². The Morgan fingerprint density at radius 3 is 2.43 bits per heavy atom. The van der Waals surface area contributed by atoms with Crippen LogP contribution in [0.1, 0.15) is 17.2 Å². The molecule has 4 aromatic rings. The van der Waals surface area contributed by atoms with Crippen molar-refractivity contribution in [2.24, 2.45) is 0 Å². The monoisotopic (exact) mass is 484 g/mol. The minimum Gasteiger partial charge on any atom is -0.507 e. The van der Waals surface area contributed by atoms with E-state index in [0.29, 0.717) is 33.5 Å². The number of rotatable bonds is 6. The molecule has 0 radical (unpaired) electrons. The number of para-hydroxylation sites is 1. The van der Waals surface area contributed by atoms with Crippen LogP contribution in [0.3, 0.4) is 0 Å². The van der Waals surface area contributed by atoms with Crippen LogP contribution >= 0.6 is 11.3 Å². The molecule has 1 fully saturated rings. The number of amides is 1. The van der Waals surface area contributed by atoms with Gasteiger partial charge in [0, 0.05) is 17.1 Å². The van der Waals surface area contributed by atoms with Crippen molar-refractivity contribution in [3.8, 4) is 17.2 Å². The summed E-state index contributed by atoms with van der Waals surface area (Å²) in [7, 11) is 1.51. The molecule has 0 spiro atoms. The molecule has 1 aliphatic heterocycles. The molecule has 8 heteroatoms. The molecule has 5 rings (SSSR count). The average Bonchev–Trinajstić information content (AvgIpc) is 3.51. The fourth-order valence-corrected chi connectivity index (χ4v) is 4.65. The molecule has 1 aliphatic rings. The van der Waals surface area contributed by atoms with Crippen LogP contribution < -0.4 is 14.4 Å². The van der Waals surface area contributed by atoms with E-state index in [-0.39, 0.29) is 11.3 Å². The van der Waals surface area contributed by atoms with Crippen LogP contribution in [0.25, 0.3) is 5.76 Å². The molecular weight excluding hydrogens is 464 g/mol. The fraction of sp³-hybridized carbons (Fsp3) is 0.0741. The minimum atomic E-state index is -0.897. The second-order valence-corrected chi connectivity index (χ2v) is 8.58. The number of aromatic nitrogens is 1. The number of hydrogen-bond donors (Lipinski definition) is 1. The van der Waals surface area contributed by atoms with E-state index in [0.717, 1.165) is 0 Å². The number of thiazole rings is 1. The first kappa shape index (κ1) is 22.4. The second-order valence-electron chi connectivity index (χ2n) is 7.70. The first-order valence-corrected chi connectivity index (χ1v) is 11.6. The van der Waals surface area contributed by atoms with Gasteiger partial charge in [-0.3, -0.25) is 14.5 Å². The second kappa shape index (κ2) is 9.44. The number of aliphatic hydroxyl groups excluding tert-OH is 1. The third-order valence-corrected chi connectivity index (χ3v) is 6.34. The highest BCUT2D eigenvalue weighted by Crippen LogP contribution is 2.43. The molecule has 0 bridgehead atoms. The van der Waals surface area contributed by atoms with Crippen LogP contribution in [0.15, 0.2) is 96.0 Å². The Kier molecular flexibility index (Phi) is 6.03. The lowest BCUT2D eigenvalue weighted by atomic mass is 9.95. The standard InChI is InChI=1S/C27H20N2O5S/c1-33-20-11-6-8-18(16-20)24(30)22-23(29(26(32)25(22)31)27-28-13-14-35-27)17-7-5-12-21(15-17)34-19-9-3-2-4-10-19/h2-16,23,30H,1H3/b24-22+. The topological polar surface area (TPSA) is 89.0 Å². The van der Waals surface area contributed by atoms with Gasteiger partial charge in [0.05, 0.1) is 18.7 Å². The van der Waals surface area contributed by atoms with Gasteiger partial charge in [0.1, 0.15) is 23.0 Å². The van der Waals surface area contributed by atoms with Gasteiger partial charge in [-0.2, -0.15) is 0 Å². The van der Waals surface area contributed by atoms with Gasteiger partial charge in [0.2, 0.25) is 0 Å². The van der Waals surface area contributed by atoms with Crippen LogP contribution in [-0.2, 0) is 9.59 Å². The summed E-state index contributed by atoms with van der Waals surface area (Å²) in [4.78, 5) is 32.0. The number of nitrogens with zero attached hydrogens (tertiary/aromatic N) is 2. The number of benzene rings is 3. The van der Waals surface area contributed by atoms with E-state index in [1.807, 2.05) is 30.3 Å². The van der Waals surface area contributed by atoms with Crippen LogP contribution in [0.4, 0.5) is 5.13 Å². The van der Waals surface area contributed by atoms with Gasteiger partial charge in [-0.25, -0.2) is 4.98 Å². The molecule has 7 nitrogen and oxygen atoms in total.